The second-order valence-corrected chi connectivity index (χ2v) is 8.98. The Labute approximate surface area is 183 Å². The number of nitrogens with zero attached hydrogens (tertiary/aromatic N) is 4. The summed E-state index contributed by atoms with van der Waals surface area (Å²) in [6.07, 6.45) is 6.08. The van der Waals surface area contributed by atoms with Crippen molar-refractivity contribution in [3.05, 3.63) is 72.2 Å². The monoisotopic (exact) mass is 441 g/mol. The van der Waals surface area contributed by atoms with E-state index in [1.807, 2.05) is 26.0 Å². The van der Waals surface area contributed by atoms with E-state index in [2.05, 4.69) is 15.4 Å². The number of benzene rings is 1. The Kier molecular flexibility index (Phi) is 7.54. The van der Waals surface area contributed by atoms with Crippen LogP contribution in [0, 0.1) is 0 Å². The highest BCUT2D eigenvalue weighted by Crippen LogP contribution is 2.17. The average molecular weight is 442 g/mol. The van der Waals surface area contributed by atoms with E-state index >= 15 is 0 Å². The molecule has 0 aliphatic carbocycles. The van der Waals surface area contributed by atoms with Crippen LogP contribution >= 0.6 is 0 Å². The molecule has 0 radical (unpaired) electrons. The number of nitrogens with one attached hydrogen (secondary N) is 1. The number of anilines is 1. The van der Waals surface area contributed by atoms with Crippen molar-refractivity contribution >= 4 is 21.7 Å². The summed E-state index contributed by atoms with van der Waals surface area (Å²) in [6, 6.07) is 12.3. The van der Waals surface area contributed by atoms with Gasteiger partial charge in [0.25, 0.3) is 0 Å². The lowest BCUT2D eigenvalue weighted by molar-refractivity contribution is -0.116. The third kappa shape index (κ3) is 5.99. The molecule has 3 aromatic rings. The molecular formula is C22H27N5O3S. The molecule has 31 heavy (non-hydrogen) atoms. The first-order valence-corrected chi connectivity index (χ1v) is 11.7. The fraction of sp³-hybridized carbons (Fsp3) is 0.318. The summed E-state index contributed by atoms with van der Waals surface area (Å²) >= 11 is 0. The minimum atomic E-state index is -3.47. The Morgan fingerprint density at radius 1 is 1.06 bits per heavy atom. The number of rotatable bonds is 10. The molecule has 0 aliphatic heterocycles. The van der Waals surface area contributed by atoms with E-state index in [-0.39, 0.29) is 17.2 Å². The van der Waals surface area contributed by atoms with E-state index < -0.39 is 10.0 Å². The number of hydrogen-bond acceptors (Lipinski definition) is 5. The molecule has 0 fully saturated rings. The number of hydrogen-bond donors (Lipinski definition) is 1. The Balaban J connectivity index is 1.52. The molecule has 3 rings (SSSR count). The van der Waals surface area contributed by atoms with Gasteiger partial charge in [-0.15, -0.1) is 0 Å². The highest BCUT2D eigenvalue weighted by atomic mass is 32.2. The van der Waals surface area contributed by atoms with Gasteiger partial charge in [-0.25, -0.2) is 8.42 Å². The van der Waals surface area contributed by atoms with Crippen LogP contribution in [-0.4, -0.2) is 46.5 Å². The van der Waals surface area contributed by atoms with Crippen molar-refractivity contribution in [3.8, 4) is 0 Å². The van der Waals surface area contributed by atoms with Crippen LogP contribution in [0.15, 0.2) is 66.0 Å². The van der Waals surface area contributed by atoms with Gasteiger partial charge in [0, 0.05) is 44.2 Å². The zero-order chi connectivity index (χ0) is 22.3. The quantitative estimate of drug-likeness (QED) is 0.522. The molecule has 0 spiro atoms. The maximum atomic E-state index is 12.5. The van der Waals surface area contributed by atoms with Crippen molar-refractivity contribution in [2.45, 2.75) is 38.1 Å². The molecule has 1 N–H and O–H groups in total. The zero-order valence-electron chi connectivity index (χ0n) is 17.7. The van der Waals surface area contributed by atoms with Crippen molar-refractivity contribution in [1.29, 1.82) is 0 Å². The van der Waals surface area contributed by atoms with E-state index in [1.165, 1.54) is 4.31 Å². The van der Waals surface area contributed by atoms with Gasteiger partial charge in [0.2, 0.25) is 15.9 Å². The first-order chi connectivity index (χ1) is 14.9. The first-order valence-electron chi connectivity index (χ1n) is 10.2. The van der Waals surface area contributed by atoms with Crippen LogP contribution in [0.25, 0.3) is 0 Å². The van der Waals surface area contributed by atoms with Crippen LogP contribution in [0.2, 0.25) is 0 Å². The van der Waals surface area contributed by atoms with Crippen LogP contribution in [0.3, 0.4) is 0 Å². The Hall–Kier alpha value is -3.04. The minimum absolute atomic E-state index is 0.147. The van der Waals surface area contributed by atoms with Crippen LogP contribution < -0.4 is 5.32 Å². The Bertz CT molecular complexity index is 1090. The van der Waals surface area contributed by atoms with E-state index in [1.54, 1.807) is 53.6 Å². The van der Waals surface area contributed by atoms with E-state index in [0.29, 0.717) is 31.9 Å². The Morgan fingerprint density at radius 2 is 1.81 bits per heavy atom. The molecule has 2 heterocycles. The first kappa shape index (κ1) is 22.6. The van der Waals surface area contributed by atoms with Crippen molar-refractivity contribution in [3.63, 3.8) is 0 Å². The zero-order valence-corrected chi connectivity index (χ0v) is 18.5. The van der Waals surface area contributed by atoms with Crippen LogP contribution in [0.5, 0.6) is 0 Å². The molecule has 2 aromatic heterocycles. The predicted octanol–water partition coefficient (Wildman–Crippen LogP) is 2.93. The summed E-state index contributed by atoms with van der Waals surface area (Å²) in [4.78, 5) is 16.6. The van der Waals surface area contributed by atoms with Crippen LogP contribution in [0.1, 0.15) is 31.4 Å². The molecule has 0 unspecified atom stereocenters. The summed E-state index contributed by atoms with van der Waals surface area (Å²) in [5.41, 5.74) is 1.92. The molecule has 0 aliphatic rings. The second kappa shape index (κ2) is 10.3. The molecule has 8 nitrogen and oxygen atoms in total. The molecule has 0 saturated carbocycles. The highest BCUT2D eigenvalue weighted by molar-refractivity contribution is 7.89. The van der Waals surface area contributed by atoms with E-state index in [0.717, 1.165) is 11.1 Å². The van der Waals surface area contributed by atoms with Gasteiger partial charge >= 0.3 is 0 Å². The van der Waals surface area contributed by atoms with Gasteiger partial charge in [0.05, 0.1) is 11.4 Å². The molecule has 0 saturated heterocycles. The van der Waals surface area contributed by atoms with Gasteiger partial charge in [-0.05, 0) is 35.7 Å². The van der Waals surface area contributed by atoms with Gasteiger partial charge in [0.15, 0.2) is 5.82 Å². The Morgan fingerprint density at radius 3 is 2.45 bits per heavy atom. The van der Waals surface area contributed by atoms with Crippen molar-refractivity contribution in [1.82, 2.24) is 19.1 Å². The van der Waals surface area contributed by atoms with Crippen molar-refractivity contribution < 1.29 is 13.2 Å². The summed E-state index contributed by atoms with van der Waals surface area (Å²) in [5, 5.41) is 7.15. The molecule has 9 heteroatoms. The third-order valence-electron chi connectivity index (χ3n) is 4.88. The normalized spacial score (nSPS) is 11.6. The minimum Gasteiger partial charge on any atom is -0.309 e. The number of carbonyl (C=O) groups excluding carboxylic acids is 1. The van der Waals surface area contributed by atoms with Gasteiger partial charge in [-0.2, -0.15) is 9.40 Å². The largest absolute Gasteiger partial charge is 0.309 e. The van der Waals surface area contributed by atoms with Crippen molar-refractivity contribution in [2.24, 2.45) is 0 Å². The summed E-state index contributed by atoms with van der Waals surface area (Å²) in [6.45, 7) is 5.07. The van der Waals surface area contributed by atoms with Crippen LogP contribution in [-0.2, 0) is 27.8 Å². The standard InChI is InChI=1S/C22H27N5O3S/c1-3-27(4-2)31(29,30)20-10-7-18(8-11-20)9-12-22(28)24-21-13-15-26(25-21)17-19-6-5-14-23-16-19/h5-8,10-11,13-16H,3-4,9,12,17H2,1-2H3,(H,24,25,28). The summed E-state index contributed by atoms with van der Waals surface area (Å²) in [5.74, 6) is 0.348. The summed E-state index contributed by atoms with van der Waals surface area (Å²) in [7, 11) is -3.47. The topological polar surface area (TPSA) is 97.2 Å². The molecule has 1 aromatic carbocycles. The molecule has 0 atom stereocenters. The van der Waals surface area contributed by atoms with E-state index in [9.17, 15) is 13.2 Å². The SMILES string of the molecule is CCN(CC)S(=O)(=O)c1ccc(CCC(=O)Nc2ccn(Cc3cccnc3)n2)cc1. The van der Waals surface area contributed by atoms with Crippen molar-refractivity contribution in [2.75, 3.05) is 18.4 Å². The van der Waals surface area contributed by atoms with Gasteiger partial charge in [0.1, 0.15) is 0 Å². The maximum Gasteiger partial charge on any atom is 0.243 e. The van der Waals surface area contributed by atoms with Gasteiger partial charge < -0.3 is 5.32 Å². The smallest absolute Gasteiger partial charge is 0.243 e. The maximum absolute atomic E-state index is 12.5. The number of carbonyl (C=O) groups is 1. The number of aromatic nitrogens is 3. The fourth-order valence-electron chi connectivity index (χ4n) is 3.20. The second-order valence-electron chi connectivity index (χ2n) is 7.04. The predicted molar refractivity (Wildman–Crippen MR) is 119 cm³/mol. The number of pyridine rings is 1. The van der Waals surface area contributed by atoms with Crippen LogP contribution in [0.4, 0.5) is 5.82 Å². The molecule has 164 valence electrons. The molecule has 1 amide bonds. The molecular weight excluding hydrogens is 414 g/mol. The lowest BCUT2D eigenvalue weighted by Gasteiger charge is -2.18. The number of sulfonamides is 1. The van der Waals surface area contributed by atoms with E-state index in [4.69, 9.17) is 0 Å². The average Bonchev–Trinajstić information content (AvgIpc) is 3.20. The third-order valence-corrected chi connectivity index (χ3v) is 6.95. The van der Waals surface area contributed by atoms with Gasteiger partial charge in [-0.3, -0.25) is 14.5 Å². The molecule has 0 bridgehead atoms. The fourth-order valence-corrected chi connectivity index (χ4v) is 4.66. The summed E-state index contributed by atoms with van der Waals surface area (Å²) < 4.78 is 28.2. The number of amides is 1. The highest BCUT2D eigenvalue weighted by Gasteiger charge is 2.21. The lowest BCUT2D eigenvalue weighted by Crippen LogP contribution is -2.30. The lowest BCUT2D eigenvalue weighted by atomic mass is 10.1. The number of aryl methyl sites for hydroxylation is 1. The van der Waals surface area contributed by atoms with Gasteiger partial charge in [-0.1, -0.05) is 32.0 Å².